The minimum absolute atomic E-state index is 0. The topological polar surface area (TPSA) is 0 Å². The minimum Gasteiger partial charge on any atom is -0.179 e. The normalized spacial score (nSPS) is 28.0. The van der Waals surface area contributed by atoms with Crippen LogP contribution < -0.4 is 0 Å². The number of benzene rings is 4. The maximum absolute atomic E-state index is 3.81. The molecule has 0 unspecified atom stereocenters. The maximum atomic E-state index is 3.81. The molecule has 0 aliphatic heterocycles. The summed E-state index contributed by atoms with van der Waals surface area (Å²) in [4.78, 5) is 0. The van der Waals surface area contributed by atoms with Gasteiger partial charge in [-0.2, -0.15) is 47.5 Å². The van der Waals surface area contributed by atoms with Crippen molar-refractivity contribution in [3.63, 3.8) is 0 Å². The van der Waals surface area contributed by atoms with Crippen molar-refractivity contribution in [3.05, 3.63) is 96.1 Å². The third-order valence-corrected chi connectivity index (χ3v) is 8.68. The summed E-state index contributed by atoms with van der Waals surface area (Å²) in [7, 11) is 0. The average Bonchev–Trinajstić information content (AvgIpc) is 2.78. The molecule has 0 spiro atoms. The Balaban J connectivity index is 0.00000185. The van der Waals surface area contributed by atoms with Gasteiger partial charge in [-0.3, -0.25) is 0 Å². The van der Waals surface area contributed by atoms with Gasteiger partial charge in [0.2, 0.25) is 0 Å². The predicted molar refractivity (Wildman–Crippen MR) is 123 cm³/mol. The van der Waals surface area contributed by atoms with Crippen LogP contribution in [0.25, 0.3) is 21.5 Å². The largest absolute Gasteiger partial charge is 0.179 e. The second kappa shape index (κ2) is 7.53. The first kappa shape index (κ1) is 20.1. The molecule has 4 aliphatic rings. The molecule has 31 heavy (non-hydrogen) atoms. The third kappa shape index (κ3) is 2.94. The van der Waals surface area contributed by atoms with Gasteiger partial charge in [0.25, 0.3) is 0 Å². The Hall–Kier alpha value is -1.50. The van der Waals surface area contributed by atoms with Crippen molar-refractivity contribution in [1.29, 1.82) is 0 Å². The Morgan fingerprint density at radius 3 is 1.45 bits per heavy atom. The Labute approximate surface area is 210 Å². The van der Waals surface area contributed by atoms with Crippen molar-refractivity contribution in [1.82, 2.24) is 0 Å². The summed E-state index contributed by atoms with van der Waals surface area (Å²) in [6.07, 6.45) is 7.01. The molecule has 4 aromatic carbocycles. The molecule has 0 aromatic heterocycles. The smallest absolute Gasteiger partial charge is 0 e. The van der Waals surface area contributed by atoms with E-state index >= 15 is 0 Å². The van der Waals surface area contributed by atoms with Crippen molar-refractivity contribution < 1.29 is 32.7 Å². The fraction of sp³-hybridized carbons (Fsp3) is 0.333. The summed E-state index contributed by atoms with van der Waals surface area (Å²) in [6.45, 7) is 0. The Morgan fingerprint density at radius 1 is 0.581 bits per heavy atom. The summed E-state index contributed by atoms with van der Waals surface area (Å²) in [6, 6.07) is 34.5. The van der Waals surface area contributed by atoms with Gasteiger partial charge in [0.1, 0.15) is 0 Å². The molecule has 1 heteroatoms. The monoisotopic (exact) mass is 475 g/mol. The standard InChI is InChI=1S/C30H26.Y/c1-3-7-24-18-26(11-9-22(24)5-1)30(27-12-10-23-6-2-4-8-25(23)19-27)28-14-20-13-21(16-28)17-29(30)15-20;/h1-10,18-21,28-29H,13-17H2;/q-2;. The molecule has 4 aromatic rings. The van der Waals surface area contributed by atoms with Crippen LogP contribution in [0, 0.1) is 35.8 Å². The quantitative estimate of drug-likeness (QED) is 0.266. The van der Waals surface area contributed by atoms with Gasteiger partial charge in [0, 0.05) is 32.7 Å². The van der Waals surface area contributed by atoms with E-state index in [9.17, 15) is 0 Å². The van der Waals surface area contributed by atoms with Crippen molar-refractivity contribution in [2.45, 2.75) is 37.5 Å². The number of hydrogen-bond acceptors (Lipinski definition) is 0. The van der Waals surface area contributed by atoms with Gasteiger partial charge in [-0.25, -0.2) is 0 Å². The summed E-state index contributed by atoms with van der Waals surface area (Å²) in [5, 5.41) is 5.28. The van der Waals surface area contributed by atoms with Crippen LogP contribution in [-0.2, 0) is 38.1 Å². The van der Waals surface area contributed by atoms with Gasteiger partial charge < -0.3 is 0 Å². The van der Waals surface area contributed by atoms with Gasteiger partial charge >= 0.3 is 0 Å². The van der Waals surface area contributed by atoms with Crippen molar-refractivity contribution in [3.8, 4) is 0 Å². The molecular formula is C30H26Y-2. The molecule has 4 saturated carbocycles. The van der Waals surface area contributed by atoms with E-state index in [4.69, 9.17) is 0 Å². The van der Waals surface area contributed by atoms with Crippen LogP contribution in [0.4, 0.5) is 0 Å². The van der Waals surface area contributed by atoms with Crippen LogP contribution in [-0.4, -0.2) is 0 Å². The second-order valence-corrected chi connectivity index (χ2v) is 10.1. The summed E-state index contributed by atoms with van der Waals surface area (Å²) >= 11 is 0. The van der Waals surface area contributed by atoms with Gasteiger partial charge in [0.05, 0.1) is 0 Å². The molecule has 4 bridgehead atoms. The summed E-state index contributed by atoms with van der Waals surface area (Å²) < 4.78 is 0. The molecule has 151 valence electrons. The first-order valence-corrected chi connectivity index (χ1v) is 11.6. The van der Waals surface area contributed by atoms with Crippen LogP contribution in [0.1, 0.15) is 43.2 Å². The van der Waals surface area contributed by atoms with Gasteiger partial charge in [-0.1, -0.05) is 36.4 Å². The van der Waals surface area contributed by atoms with Gasteiger partial charge in [-0.05, 0) is 61.2 Å². The number of fused-ring (bicyclic) bond motifs is 2. The molecule has 0 amide bonds. The van der Waals surface area contributed by atoms with Crippen molar-refractivity contribution in [2.75, 3.05) is 0 Å². The molecular weight excluding hydrogens is 449 g/mol. The van der Waals surface area contributed by atoms with E-state index < -0.39 is 0 Å². The Kier molecular flexibility index (Phi) is 4.89. The number of rotatable bonds is 2. The molecule has 8 rings (SSSR count). The van der Waals surface area contributed by atoms with Crippen LogP contribution >= 0.6 is 0 Å². The van der Waals surface area contributed by atoms with Crippen molar-refractivity contribution in [2.24, 2.45) is 23.7 Å². The van der Waals surface area contributed by atoms with Gasteiger partial charge in [-0.15, -0.1) is 33.7 Å². The molecule has 0 nitrogen and oxygen atoms in total. The maximum Gasteiger partial charge on any atom is 0 e. The van der Waals surface area contributed by atoms with E-state index in [1.807, 2.05) is 0 Å². The number of hydrogen-bond donors (Lipinski definition) is 0. The van der Waals surface area contributed by atoms with E-state index in [0.29, 0.717) is 0 Å². The van der Waals surface area contributed by atoms with Crippen molar-refractivity contribution >= 4 is 21.5 Å². The molecule has 4 aliphatic carbocycles. The first-order chi connectivity index (χ1) is 14.8. The zero-order valence-corrected chi connectivity index (χ0v) is 20.7. The first-order valence-electron chi connectivity index (χ1n) is 11.6. The fourth-order valence-corrected chi connectivity index (χ4v) is 7.68. The van der Waals surface area contributed by atoms with Crippen LogP contribution in [0.15, 0.2) is 72.8 Å². The van der Waals surface area contributed by atoms with E-state index in [-0.39, 0.29) is 38.1 Å². The summed E-state index contributed by atoms with van der Waals surface area (Å²) in [5.74, 6) is 3.34. The predicted octanol–water partition coefficient (Wildman–Crippen LogP) is 7.33. The zero-order chi connectivity index (χ0) is 19.7. The Bertz CT molecular complexity index is 1160. The summed E-state index contributed by atoms with van der Waals surface area (Å²) in [5.41, 5.74) is 2.91. The SMILES string of the molecule is [Y].[c-]1cc2ccccc2cc1C1(c2[c-]cc3ccccc3c2)C2CC3CC(C2)CC1C3. The van der Waals surface area contributed by atoms with Crippen LogP contribution in [0.5, 0.6) is 0 Å². The molecule has 0 atom stereocenters. The zero-order valence-electron chi connectivity index (χ0n) is 17.9. The molecule has 0 saturated heterocycles. The van der Waals surface area contributed by atoms with Crippen LogP contribution in [0.3, 0.4) is 0 Å². The molecule has 0 N–H and O–H groups in total. The van der Waals surface area contributed by atoms with Gasteiger partial charge in [0.15, 0.2) is 0 Å². The Morgan fingerprint density at radius 2 is 1.00 bits per heavy atom. The average molecular weight is 475 g/mol. The molecule has 1 radical (unpaired) electrons. The van der Waals surface area contributed by atoms with E-state index in [1.54, 1.807) is 0 Å². The minimum atomic E-state index is 0. The fourth-order valence-electron chi connectivity index (χ4n) is 7.68. The second-order valence-electron chi connectivity index (χ2n) is 10.1. The van der Waals surface area contributed by atoms with E-state index in [0.717, 1.165) is 23.7 Å². The van der Waals surface area contributed by atoms with E-state index in [1.165, 1.54) is 64.8 Å². The molecule has 0 heterocycles. The third-order valence-electron chi connectivity index (χ3n) is 8.68. The van der Waals surface area contributed by atoms with E-state index in [2.05, 4.69) is 84.9 Å². The molecule has 4 fully saturated rings. The van der Waals surface area contributed by atoms with Crippen LogP contribution in [0.2, 0.25) is 0 Å².